The molecule has 0 atom stereocenters. The summed E-state index contributed by atoms with van der Waals surface area (Å²) in [7, 11) is 0. The van der Waals surface area contributed by atoms with E-state index in [1.807, 2.05) is 0 Å². The summed E-state index contributed by atoms with van der Waals surface area (Å²) in [5, 5.41) is 0. The zero-order chi connectivity index (χ0) is 19.5. The number of rotatable bonds is 4. The van der Waals surface area contributed by atoms with Crippen LogP contribution in [0, 0.1) is 11.8 Å². The van der Waals surface area contributed by atoms with Gasteiger partial charge in [0, 0.05) is 0 Å². The van der Waals surface area contributed by atoms with E-state index in [0.717, 1.165) is 0 Å². The van der Waals surface area contributed by atoms with Crippen molar-refractivity contribution in [3.05, 3.63) is 44.6 Å². The van der Waals surface area contributed by atoms with Gasteiger partial charge in [0.05, 0.1) is 0 Å². The van der Waals surface area contributed by atoms with E-state index in [1.54, 1.807) is 44.6 Å². The Hall–Kier alpha value is -0.241. The van der Waals surface area contributed by atoms with Crippen LogP contribution in [0.25, 0.3) is 0 Å². The normalized spacial score (nSPS) is 23.3. The first kappa shape index (κ1) is 21.1. The molecule has 1 heteroatoms. The molecule has 0 bridgehead atoms. The van der Waals surface area contributed by atoms with Crippen molar-refractivity contribution in [1.29, 1.82) is 0 Å². The second-order valence-electron chi connectivity index (χ2n) is 9.05. The molecule has 25 heavy (non-hydrogen) atoms. The van der Waals surface area contributed by atoms with Crippen LogP contribution >= 0.6 is 0 Å². The molecule has 2 aliphatic rings. The Morgan fingerprint density at radius 2 is 0.680 bits per heavy atom. The monoisotopic (exact) mass is 446 g/mol. The molecule has 2 aliphatic carbocycles. The van der Waals surface area contributed by atoms with Crippen LogP contribution in [0.3, 0.4) is 0 Å². The summed E-state index contributed by atoms with van der Waals surface area (Å²) < 4.78 is 0.713. The van der Waals surface area contributed by atoms with Crippen LogP contribution in [0.5, 0.6) is 0 Å². The minimum absolute atomic E-state index is 0.356. The molecular weight excluding hydrogens is 407 g/mol. The number of allylic oxidation sites excluding steroid dienone is 8. The van der Waals surface area contributed by atoms with Crippen LogP contribution in [0.2, 0.25) is 6.86 Å². The van der Waals surface area contributed by atoms with E-state index < -0.39 is 21.1 Å². The zero-order valence-electron chi connectivity index (χ0n) is 18.7. The van der Waals surface area contributed by atoms with Gasteiger partial charge in [0.1, 0.15) is 0 Å². The summed E-state index contributed by atoms with van der Waals surface area (Å²) >= 11 is -0.876. The second-order valence-corrected chi connectivity index (χ2v) is 14.3. The van der Waals surface area contributed by atoms with E-state index in [1.165, 1.54) is 0 Å². The maximum absolute atomic E-state index is 2.47. The number of hydrogen-bond acceptors (Lipinski definition) is 0. The molecule has 2 radical (unpaired) electrons. The average Bonchev–Trinajstić information content (AvgIpc) is 2.81. The van der Waals surface area contributed by atoms with Gasteiger partial charge in [0.15, 0.2) is 0 Å². The van der Waals surface area contributed by atoms with E-state index in [-0.39, 0.29) is 0 Å². The SMILES string of the molecule is CC1=C(C)[C]([Sn][C]2(C(C)C)C(C)=C(C)C(C)=C2C)(C(C)C)C(C)=C1C. The van der Waals surface area contributed by atoms with Gasteiger partial charge < -0.3 is 0 Å². The van der Waals surface area contributed by atoms with Gasteiger partial charge in [0.25, 0.3) is 0 Å². The van der Waals surface area contributed by atoms with E-state index in [0.29, 0.717) is 18.7 Å². The Labute approximate surface area is 167 Å². The number of hydrogen-bond donors (Lipinski definition) is 0. The third kappa shape index (κ3) is 2.60. The Bertz CT molecular complexity index is 609. The Kier molecular flexibility index (Phi) is 5.67. The molecule has 0 amide bonds. The molecule has 0 aromatic rings. The molecule has 2 rings (SSSR count). The molecule has 0 fully saturated rings. The predicted octanol–water partition coefficient (Wildman–Crippen LogP) is 7.69. The zero-order valence-corrected chi connectivity index (χ0v) is 21.5. The van der Waals surface area contributed by atoms with Crippen molar-refractivity contribution >= 4 is 21.1 Å². The van der Waals surface area contributed by atoms with Gasteiger partial charge in [-0.2, -0.15) is 0 Å². The molecule has 0 N–H and O–H groups in total. The van der Waals surface area contributed by atoms with Crippen LogP contribution in [0.15, 0.2) is 44.6 Å². The standard InChI is InChI=1S/2C12H19.Sn/c2*1-7(2)12-10(5)8(3)9(4)11(12)6;/h2*7H,1-6H3;. The average molecular weight is 445 g/mol. The first-order chi connectivity index (χ1) is 11.4. The first-order valence-electron chi connectivity index (χ1n) is 9.89. The van der Waals surface area contributed by atoms with Gasteiger partial charge >= 0.3 is 168 Å². The first-order valence-corrected chi connectivity index (χ1v) is 12.7. The second kappa shape index (κ2) is 6.73. The van der Waals surface area contributed by atoms with Crippen LogP contribution in [-0.2, 0) is 0 Å². The van der Waals surface area contributed by atoms with Crippen molar-refractivity contribution in [3.8, 4) is 0 Å². The molecule has 0 aliphatic heterocycles. The van der Waals surface area contributed by atoms with Gasteiger partial charge in [-0.15, -0.1) is 0 Å². The summed E-state index contributed by atoms with van der Waals surface area (Å²) in [5.74, 6) is 1.37. The van der Waals surface area contributed by atoms with Crippen molar-refractivity contribution in [2.75, 3.05) is 0 Å². The summed E-state index contributed by atoms with van der Waals surface area (Å²) in [6, 6.07) is 0. The van der Waals surface area contributed by atoms with Crippen LogP contribution in [-0.4, -0.2) is 21.1 Å². The fraction of sp³-hybridized carbons (Fsp3) is 0.667. The summed E-state index contributed by atoms with van der Waals surface area (Å²) in [4.78, 5) is 0. The molecule has 0 unspecified atom stereocenters. The van der Waals surface area contributed by atoms with E-state index in [9.17, 15) is 0 Å². The summed E-state index contributed by atoms with van der Waals surface area (Å²) in [6.45, 7) is 29.1. The minimum atomic E-state index is -0.876. The quantitative estimate of drug-likeness (QED) is 0.389. The van der Waals surface area contributed by atoms with Crippen LogP contribution in [0.4, 0.5) is 0 Å². The van der Waals surface area contributed by atoms with Crippen molar-refractivity contribution in [2.24, 2.45) is 11.8 Å². The molecule has 0 heterocycles. The van der Waals surface area contributed by atoms with Gasteiger partial charge in [-0.05, 0) is 0 Å². The van der Waals surface area contributed by atoms with Crippen molar-refractivity contribution < 1.29 is 0 Å². The van der Waals surface area contributed by atoms with Gasteiger partial charge in [-0.25, -0.2) is 0 Å². The molecule has 138 valence electrons. The Morgan fingerprint density at radius 3 is 0.840 bits per heavy atom. The fourth-order valence-electron chi connectivity index (χ4n) is 5.58. The fourth-order valence-corrected chi connectivity index (χ4v) is 13.3. The van der Waals surface area contributed by atoms with Crippen molar-refractivity contribution in [3.63, 3.8) is 0 Å². The molecule has 0 saturated heterocycles. The Balaban J connectivity index is 2.77. The van der Waals surface area contributed by atoms with Gasteiger partial charge in [-0.3, -0.25) is 0 Å². The van der Waals surface area contributed by atoms with Gasteiger partial charge in [-0.1, -0.05) is 0 Å². The molecule has 0 saturated carbocycles. The van der Waals surface area contributed by atoms with Crippen LogP contribution in [0.1, 0.15) is 83.1 Å². The van der Waals surface area contributed by atoms with E-state index >= 15 is 0 Å². The van der Waals surface area contributed by atoms with E-state index in [4.69, 9.17) is 0 Å². The van der Waals surface area contributed by atoms with Crippen LogP contribution < -0.4 is 0 Å². The molecule has 0 aromatic carbocycles. The maximum atomic E-state index is 2.47. The summed E-state index contributed by atoms with van der Waals surface area (Å²) in [5.41, 5.74) is 13.0. The van der Waals surface area contributed by atoms with Gasteiger partial charge in [0.2, 0.25) is 0 Å². The molecule has 0 nitrogen and oxygen atoms in total. The molecular formula is C24H38Sn. The Morgan fingerprint density at radius 1 is 0.480 bits per heavy atom. The van der Waals surface area contributed by atoms with Crippen molar-refractivity contribution in [2.45, 2.75) is 89.9 Å². The molecule has 0 aromatic heterocycles. The third-order valence-electron chi connectivity index (χ3n) is 7.87. The van der Waals surface area contributed by atoms with Crippen molar-refractivity contribution in [1.82, 2.24) is 0 Å². The molecule has 0 spiro atoms. The third-order valence-corrected chi connectivity index (χ3v) is 17.7. The topological polar surface area (TPSA) is 0 Å². The van der Waals surface area contributed by atoms with E-state index in [2.05, 4.69) is 83.1 Å². The predicted molar refractivity (Wildman–Crippen MR) is 114 cm³/mol. The summed E-state index contributed by atoms with van der Waals surface area (Å²) in [6.07, 6.45) is 0.